The van der Waals surface area contributed by atoms with Crippen LogP contribution in [0.25, 0.3) is 0 Å². The molecule has 0 aliphatic carbocycles. The molecule has 35 heavy (non-hydrogen) atoms. The summed E-state index contributed by atoms with van der Waals surface area (Å²) in [6, 6.07) is 29.0. The first-order chi connectivity index (χ1) is 16.4. The van der Waals surface area contributed by atoms with Crippen LogP contribution in [0.2, 0.25) is 0 Å². The molecule has 0 saturated heterocycles. The summed E-state index contributed by atoms with van der Waals surface area (Å²) in [5, 5.41) is 15.9. The second kappa shape index (κ2) is 26.6. The Morgan fingerprint density at radius 3 is 1.40 bits per heavy atom. The Kier molecular flexibility index (Phi) is 27.2. The van der Waals surface area contributed by atoms with E-state index in [9.17, 15) is 9.59 Å². The summed E-state index contributed by atoms with van der Waals surface area (Å²) in [6.07, 6.45) is 0.482. The average Bonchev–Trinajstić information content (AvgIpc) is 2.83. The van der Waals surface area contributed by atoms with Gasteiger partial charge in [-0.05, 0) is 31.9 Å². The standard InChI is InChI=1S/C10H12O2.C8H8O2.C7H8.C2H6O.CO.CH4/c1-2-12-10(11)8-9-6-4-3-5-7-9;9-8(10)6-7-4-2-1-3-5-7;1-7-5-3-2-4-6-7;1-2-3;1-2;/h3-7H,2,8H2,1H3;1-5H,6H2,(H,9,10);2-6H,1H3;3H,2H2,1H3;;1H4. The van der Waals surface area contributed by atoms with Crippen molar-refractivity contribution in [2.45, 2.75) is 41.0 Å². The number of carbonyl (C=O) groups is 2. The molecule has 3 aromatic carbocycles. The molecule has 6 nitrogen and oxygen atoms in total. The summed E-state index contributed by atoms with van der Waals surface area (Å²) in [4.78, 5) is 21.2. The molecule has 0 fully saturated rings. The van der Waals surface area contributed by atoms with Crippen LogP contribution in [0.4, 0.5) is 0 Å². The van der Waals surface area contributed by atoms with E-state index in [2.05, 4.69) is 25.7 Å². The zero-order valence-corrected chi connectivity index (χ0v) is 20.0. The first kappa shape index (κ1) is 35.9. The molecule has 0 aliphatic heterocycles. The molecule has 0 unspecified atom stereocenters. The number of rotatable bonds is 5. The predicted octanol–water partition coefficient (Wildman–Crippen LogP) is 5.70. The van der Waals surface area contributed by atoms with Gasteiger partial charge in [-0.3, -0.25) is 9.59 Å². The van der Waals surface area contributed by atoms with Crippen molar-refractivity contribution in [3.63, 3.8) is 0 Å². The number of aliphatic carboxylic acids is 1. The summed E-state index contributed by atoms with van der Waals surface area (Å²) < 4.78 is 12.3. The molecule has 0 atom stereocenters. The molecule has 0 bridgehead atoms. The molecule has 0 heterocycles. The van der Waals surface area contributed by atoms with Gasteiger partial charge in [0.1, 0.15) is 0 Å². The van der Waals surface area contributed by atoms with Gasteiger partial charge in [0, 0.05) is 6.61 Å². The van der Waals surface area contributed by atoms with E-state index in [1.165, 1.54) is 5.56 Å². The van der Waals surface area contributed by atoms with Crippen molar-refractivity contribution in [1.82, 2.24) is 0 Å². The van der Waals surface area contributed by atoms with E-state index < -0.39 is 5.97 Å². The number of ether oxygens (including phenoxy) is 1. The van der Waals surface area contributed by atoms with Gasteiger partial charge in [-0.25, -0.2) is 0 Å². The number of carboxylic acids is 1. The van der Waals surface area contributed by atoms with Crippen LogP contribution in [-0.2, 0) is 31.8 Å². The molecule has 0 radical (unpaired) electrons. The van der Waals surface area contributed by atoms with Gasteiger partial charge in [-0.1, -0.05) is 104 Å². The number of hydrogen-bond acceptors (Lipinski definition) is 4. The second-order valence-electron chi connectivity index (χ2n) is 6.49. The zero-order valence-electron chi connectivity index (χ0n) is 20.0. The van der Waals surface area contributed by atoms with Gasteiger partial charge in [0.25, 0.3) is 0 Å². The molecule has 2 N–H and O–H groups in total. The van der Waals surface area contributed by atoms with Crippen molar-refractivity contribution >= 4 is 11.9 Å². The van der Waals surface area contributed by atoms with Crippen LogP contribution in [-0.4, -0.2) is 35.4 Å². The number of hydrogen-bond donors (Lipinski definition) is 2. The fraction of sp³-hybridized carbons (Fsp3) is 0.276. The maximum atomic E-state index is 11.0. The van der Waals surface area contributed by atoms with Gasteiger partial charge in [0.2, 0.25) is 0 Å². The van der Waals surface area contributed by atoms with E-state index >= 15 is 0 Å². The molecule has 3 rings (SSSR count). The number of carbonyl (C=O) groups excluding carboxylic acids is 1. The first-order valence-corrected chi connectivity index (χ1v) is 10.7. The second-order valence-corrected chi connectivity index (χ2v) is 6.49. The summed E-state index contributed by atoms with van der Waals surface area (Å²) in [5.41, 5.74) is 3.16. The van der Waals surface area contributed by atoms with Crippen LogP contribution >= 0.6 is 0 Å². The molecule has 6 heteroatoms. The van der Waals surface area contributed by atoms with Crippen LogP contribution in [0.3, 0.4) is 0 Å². The minimum absolute atomic E-state index is 0. The van der Waals surface area contributed by atoms with Gasteiger partial charge in [0.05, 0.1) is 19.4 Å². The summed E-state index contributed by atoms with van der Waals surface area (Å²) in [5.74, 6) is -0.949. The number of aliphatic hydroxyl groups excluding tert-OH is 1. The van der Waals surface area contributed by atoms with E-state index in [-0.39, 0.29) is 26.4 Å². The number of aryl methyl sites for hydroxylation is 1. The van der Waals surface area contributed by atoms with Crippen LogP contribution in [0.1, 0.15) is 38.0 Å². The molecule has 0 amide bonds. The maximum absolute atomic E-state index is 11.0. The average molecular weight is 483 g/mol. The normalized spacial score (nSPS) is 8.17. The molecular weight excluding hydrogens is 444 g/mol. The van der Waals surface area contributed by atoms with Crippen LogP contribution in [0.15, 0.2) is 91.0 Å². The van der Waals surface area contributed by atoms with Crippen LogP contribution < -0.4 is 0 Å². The van der Waals surface area contributed by atoms with E-state index in [1.807, 2.05) is 73.7 Å². The summed E-state index contributed by atoms with van der Waals surface area (Å²) >= 11 is 0. The molecule has 0 saturated carbocycles. The van der Waals surface area contributed by atoms with Crippen molar-refractivity contribution in [2.75, 3.05) is 13.2 Å². The quantitative estimate of drug-likeness (QED) is 0.276. The van der Waals surface area contributed by atoms with Crippen molar-refractivity contribution in [3.05, 3.63) is 114 Å². The zero-order chi connectivity index (χ0) is 26.0. The molecule has 3 aromatic rings. The van der Waals surface area contributed by atoms with Gasteiger partial charge in [-0.2, -0.15) is 0 Å². The van der Waals surface area contributed by atoms with Gasteiger partial charge < -0.3 is 14.9 Å². The van der Waals surface area contributed by atoms with Crippen molar-refractivity contribution in [2.24, 2.45) is 0 Å². The van der Waals surface area contributed by atoms with E-state index in [0.717, 1.165) is 11.1 Å². The molecule has 190 valence electrons. The molecular formula is C29H38O6. The van der Waals surface area contributed by atoms with Gasteiger partial charge in [0.15, 0.2) is 0 Å². The topological polar surface area (TPSA) is 104 Å². The van der Waals surface area contributed by atoms with E-state index in [1.54, 1.807) is 19.1 Å². The summed E-state index contributed by atoms with van der Waals surface area (Å²) in [7, 11) is 0. The van der Waals surface area contributed by atoms with Gasteiger partial charge >= 0.3 is 23.2 Å². The Bertz CT molecular complexity index is 878. The minimum atomic E-state index is -0.786. The Hall–Kier alpha value is -3.70. The van der Waals surface area contributed by atoms with Crippen LogP contribution in [0, 0.1) is 13.6 Å². The summed E-state index contributed by atoms with van der Waals surface area (Å²) in [6.45, 7) is 10.8. The van der Waals surface area contributed by atoms with E-state index in [0.29, 0.717) is 13.0 Å². The Labute approximate surface area is 209 Å². The first-order valence-electron chi connectivity index (χ1n) is 10.7. The van der Waals surface area contributed by atoms with Crippen molar-refractivity contribution in [3.8, 4) is 0 Å². The third-order valence-corrected chi connectivity index (χ3v) is 3.64. The van der Waals surface area contributed by atoms with E-state index in [4.69, 9.17) is 19.6 Å². The predicted molar refractivity (Wildman–Crippen MR) is 139 cm³/mol. The fourth-order valence-electron chi connectivity index (χ4n) is 2.28. The Morgan fingerprint density at radius 2 is 1.11 bits per heavy atom. The van der Waals surface area contributed by atoms with Crippen molar-refractivity contribution in [1.29, 1.82) is 0 Å². The number of carboxylic acid groups (broad SMARTS) is 1. The fourth-order valence-corrected chi connectivity index (χ4v) is 2.28. The molecule has 0 aliphatic rings. The third-order valence-electron chi connectivity index (χ3n) is 3.64. The Morgan fingerprint density at radius 1 is 0.771 bits per heavy atom. The van der Waals surface area contributed by atoms with Crippen molar-refractivity contribution < 1.29 is 29.2 Å². The molecule has 0 aromatic heterocycles. The van der Waals surface area contributed by atoms with Crippen LogP contribution in [0.5, 0.6) is 0 Å². The number of aliphatic hydroxyl groups is 1. The number of esters is 1. The Balaban J connectivity index is -0.000000405. The number of benzene rings is 3. The third kappa shape index (κ3) is 24.8. The SMILES string of the molecule is C.CCO.CCOC(=O)Cc1ccccc1.Cc1ccccc1.O=C(O)Cc1ccccc1.[C-]#[O+]. The molecule has 0 spiro atoms. The van der Waals surface area contributed by atoms with Gasteiger partial charge in [-0.15, -0.1) is 0 Å². The monoisotopic (exact) mass is 482 g/mol.